The smallest absolute Gasteiger partial charge is 0.238 e. The second-order valence-corrected chi connectivity index (χ2v) is 7.34. The van der Waals surface area contributed by atoms with E-state index in [0.29, 0.717) is 29.8 Å². The molecule has 26 heavy (non-hydrogen) atoms. The number of carbonyl (C=O) groups is 1. The van der Waals surface area contributed by atoms with E-state index in [-0.39, 0.29) is 5.91 Å². The second kappa shape index (κ2) is 8.11. The number of aryl methyl sites for hydroxylation is 2. The number of para-hydroxylation sites is 1. The summed E-state index contributed by atoms with van der Waals surface area (Å²) in [4.78, 5) is 14.9. The zero-order chi connectivity index (χ0) is 18.7. The number of amides is 1. The molecule has 0 atom stereocenters. The Kier molecular flexibility index (Phi) is 5.84. The van der Waals surface area contributed by atoms with Crippen LogP contribution in [0.5, 0.6) is 5.75 Å². The Morgan fingerprint density at radius 2 is 2.00 bits per heavy atom. The summed E-state index contributed by atoms with van der Waals surface area (Å²) in [5.74, 6) is 0.816. The first-order chi connectivity index (χ1) is 12.5. The van der Waals surface area contributed by atoms with Gasteiger partial charge in [0.25, 0.3) is 0 Å². The number of rotatable bonds is 7. The van der Waals surface area contributed by atoms with Crippen LogP contribution in [-0.4, -0.2) is 30.5 Å². The van der Waals surface area contributed by atoms with Crippen molar-refractivity contribution >= 4 is 23.2 Å². The summed E-state index contributed by atoms with van der Waals surface area (Å²) in [5.41, 5.74) is 3.86. The van der Waals surface area contributed by atoms with Gasteiger partial charge in [0, 0.05) is 18.2 Å². The fourth-order valence-corrected chi connectivity index (χ4v) is 3.61. The van der Waals surface area contributed by atoms with Gasteiger partial charge < -0.3 is 10.1 Å². The van der Waals surface area contributed by atoms with Crippen molar-refractivity contribution in [1.29, 1.82) is 0 Å². The second-order valence-electron chi connectivity index (χ2n) is 6.93. The Morgan fingerprint density at radius 1 is 1.27 bits per heavy atom. The molecule has 4 nitrogen and oxygen atoms in total. The largest absolute Gasteiger partial charge is 0.496 e. The highest BCUT2D eigenvalue weighted by Gasteiger charge is 2.31. The molecule has 1 aliphatic carbocycles. The molecule has 3 rings (SSSR count). The highest BCUT2D eigenvalue weighted by Crippen LogP contribution is 2.31. The summed E-state index contributed by atoms with van der Waals surface area (Å²) in [5, 5.41) is 3.57. The summed E-state index contributed by atoms with van der Waals surface area (Å²) in [6.45, 7) is 4.99. The number of hydrogen-bond donors (Lipinski definition) is 1. The predicted molar refractivity (Wildman–Crippen MR) is 106 cm³/mol. The lowest BCUT2D eigenvalue weighted by Gasteiger charge is -2.23. The summed E-state index contributed by atoms with van der Waals surface area (Å²) in [7, 11) is 1.68. The number of benzene rings is 2. The average molecular weight is 373 g/mol. The van der Waals surface area contributed by atoms with E-state index in [1.54, 1.807) is 7.11 Å². The molecule has 5 heteroatoms. The number of nitrogens with one attached hydrogen (secondary N) is 1. The Labute approximate surface area is 160 Å². The topological polar surface area (TPSA) is 41.6 Å². The molecule has 1 aliphatic rings. The highest BCUT2D eigenvalue weighted by molar-refractivity contribution is 6.34. The molecule has 138 valence electrons. The molecule has 1 N–H and O–H groups in total. The Hall–Kier alpha value is -2.04. The first-order valence-electron chi connectivity index (χ1n) is 8.90. The number of anilines is 1. The summed E-state index contributed by atoms with van der Waals surface area (Å²) >= 11 is 6.31. The van der Waals surface area contributed by atoms with E-state index in [1.807, 2.05) is 50.2 Å². The number of methoxy groups -OCH3 is 1. The summed E-state index contributed by atoms with van der Waals surface area (Å²) < 4.78 is 5.44. The molecule has 0 aromatic heterocycles. The lowest BCUT2D eigenvalue weighted by molar-refractivity contribution is -0.117. The Balaban J connectivity index is 1.70. The third-order valence-corrected chi connectivity index (χ3v) is 4.97. The summed E-state index contributed by atoms with van der Waals surface area (Å²) in [6.07, 6.45) is 2.26. The molecule has 0 spiro atoms. The minimum absolute atomic E-state index is 0.0411. The van der Waals surface area contributed by atoms with E-state index in [0.717, 1.165) is 35.3 Å². The molecule has 0 heterocycles. The van der Waals surface area contributed by atoms with Crippen LogP contribution in [0.25, 0.3) is 0 Å². The van der Waals surface area contributed by atoms with Crippen LogP contribution in [0.15, 0.2) is 36.4 Å². The van der Waals surface area contributed by atoms with Crippen molar-refractivity contribution < 1.29 is 9.53 Å². The zero-order valence-corrected chi connectivity index (χ0v) is 16.3. The van der Waals surface area contributed by atoms with Gasteiger partial charge in [0.15, 0.2) is 0 Å². The molecule has 1 fully saturated rings. The van der Waals surface area contributed by atoms with Gasteiger partial charge in [-0.15, -0.1) is 0 Å². The molecule has 1 amide bonds. The normalized spacial score (nSPS) is 13.7. The minimum atomic E-state index is -0.0411. The number of carbonyl (C=O) groups excluding carboxylic acids is 1. The predicted octanol–water partition coefficient (Wildman–Crippen LogP) is 4.57. The SMILES string of the molecule is COc1ccccc1CN(CC(=O)Nc1c(C)cc(C)cc1Cl)C1CC1. The van der Waals surface area contributed by atoms with Gasteiger partial charge in [0.2, 0.25) is 5.91 Å². The van der Waals surface area contributed by atoms with E-state index in [2.05, 4.69) is 10.2 Å². The molecule has 0 radical (unpaired) electrons. The first kappa shape index (κ1) is 18.7. The molecule has 0 bridgehead atoms. The molecular weight excluding hydrogens is 348 g/mol. The van der Waals surface area contributed by atoms with Gasteiger partial charge in [0.05, 0.1) is 24.4 Å². The van der Waals surface area contributed by atoms with Crippen molar-refractivity contribution in [3.63, 3.8) is 0 Å². The van der Waals surface area contributed by atoms with Crippen LogP contribution >= 0.6 is 11.6 Å². The van der Waals surface area contributed by atoms with Gasteiger partial charge in [-0.05, 0) is 49.9 Å². The van der Waals surface area contributed by atoms with E-state index in [1.165, 1.54) is 0 Å². The minimum Gasteiger partial charge on any atom is -0.496 e. The maximum absolute atomic E-state index is 12.6. The van der Waals surface area contributed by atoms with Crippen molar-refractivity contribution in [2.24, 2.45) is 0 Å². The van der Waals surface area contributed by atoms with Crippen LogP contribution in [-0.2, 0) is 11.3 Å². The first-order valence-corrected chi connectivity index (χ1v) is 9.28. The van der Waals surface area contributed by atoms with E-state index < -0.39 is 0 Å². The van der Waals surface area contributed by atoms with Crippen molar-refractivity contribution in [2.45, 2.75) is 39.3 Å². The van der Waals surface area contributed by atoms with Gasteiger partial charge in [0.1, 0.15) is 5.75 Å². The molecule has 2 aromatic rings. The lowest BCUT2D eigenvalue weighted by atomic mass is 10.1. The molecule has 2 aromatic carbocycles. The maximum Gasteiger partial charge on any atom is 0.238 e. The van der Waals surface area contributed by atoms with Gasteiger partial charge in [-0.2, -0.15) is 0 Å². The van der Waals surface area contributed by atoms with Gasteiger partial charge in [-0.3, -0.25) is 9.69 Å². The molecule has 0 aliphatic heterocycles. The van der Waals surface area contributed by atoms with Crippen molar-refractivity contribution in [2.75, 3.05) is 19.0 Å². The van der Waals surface area contributed by atoms with Crippen molar-refractivity contribution in [1.82, 2.24) is 4.90 Å². The molecular formula is C21H25ClN2O2. The van der Waals surface area contributed by atoms with Crippen LogP contribution in [0.2, 0.25) is 5.02 Å². The Bertz CT molecular complexity index is 779. The average Bonchev–Trinajstić information content (AvgIpc) is 3.43. The third kappa shape index (κ3) is 4.57. The monoisotopic (exact) mass is 372 g/mol. The molecule has 0 saturated heterocycles. The number of nitrogens with zero attached hydrogens (tertiary/aromatic N) is 1. The van der Waals surface area contributed by atoms with Gasteiger partial charge in [-0.1, -0.05) is 35.9 Å². The summed E-state index contributed by atoms with van der Waals surface area (Å²) in [6, 6.07) is 12.3. The van der Waals surface area contributed by atoms with Crippen LogP contribution in [0.1, 0.15) is 29.5 Å². The van der Waals surface area contributed by atoms with Crippen LogP contribution in [0.3, 0.4) is 0 Å². The lowest BCUT2D eigenvalue weighted by Crippen LogP contribution is -2.34. The third-order valence-electron chi connectivity index (χ3n) is 4.67. The zero-order valence-electron chi connectivity index (χ0n) is 15.5. The standard InChI is InChI=1S/C21H25ClN2O2/c1-14-10-15(2)21(18(22)11-14)23-20(25)13-24(17-8-9-17)12-16-6-4-5-7-19(16)26-3/h4-7,10-11,17H,8-9,12-13H2,1-3H3,(H,23,25). The fourth-order valence-electron chi connectivity index (χ4n) is 3.24. The highest BCUT2D eigenvalue weighted by atomic mass is 35.5. The van der Waals surface area contributed by atoms with Crippen molar-refractivity contribution in [3.05, 3.63) is 58.1 Å². The van der Waals surface area contributed by atoms with Crippen LogP contribution in [0.4, 0.5) is 5.69 Å². The number of ether oxygens (including phenoxy) is 1. The number of halogens is 1. The molecule has 1 saturated carbocycles. The quantitative estimate of drug-likeness (QED) is 0.774. The van der Waals surface area contributed by atoms with Crippen LogP contribution < -0.4 is 10.1 Å². The number of hydrogen-bond acceptors (Lipinski definition) is 3. The van der Waals surface area contributed by atoms with E-state index in [4.69, 9.17) is 16.3 Å². The molecule has 0 unspecified atom stereocenters. The fraction of sp³-hybridized carbons (Fsp3) is 0.381. The van der Waals surface area contributed by atoms with Gasteiger partial charge >= 0.3 is 0 Å². The van der Waals surface area contributed by atoms with E-state index >= 15 is 0 Å². The van der Waals surface area contributed by atoms with Crippen LogP contribution in [0, 0.1) is 13.8 Å². The van der Waals surface area contributed by atoms with Crippen molar-refractivity contribution in [3.8, 4) is 5.75 Å². The van der Waals surface area contributed by atoms with E-state index in [9.17, 15) is 4.79 Å². The Morgan fingerprint density at radius 3 is 2.65 bits per heavy atom. The van der Waals surface area contributed by atoms with Gasteiger partial charge in [-0.25, -0.2) is 0 Å². The maximum atomic E-state index is 12.6.